The van der Waals surface area contributed by atoms with Crippen LogP contribution in [0.2, 0.25) is 0 Å². The Morgan fingerprint density at radius 2 is 1.48 bits per heavy atom. The molecule has 0 saturated carbocycles. The van der Waals surface area contributed by atoms with E-state index in [0.29, 0.717) is 18.8 Å². The van der Waals surface area contributed by atoms with Crippen LogP contribution in [0.15, 0.2) is 60.7 Å². The third-order valence-corrected chi connectivity index (χ3v) is 6.09. The SMILES string of the molecule is O=C(NC[C@@H]1O[C@@H](CC(=O)N2CCN(c3ccccc3)CC2)[C@H](O)[C@@H]1O)Nc1ccccc1. The number of ether oxygens (including phenoxy) is 1. The molecule has 2 heterocycles. The number of urea groups is 1. The molecule has 176 valence electrons. The minimum Gasteiger partial charge on any atom is -0.388 e. The minimum absolute atomic E-state index is 0.0112. The zero-order valence-electron chi connectivity index (χ0n) is 18.3. The molecule has 0 aromatic heterocycles. The van der Waals surface area contributed by atoms with Crippen LogP contribution < -0.4 is 15.5 Å². The number of piperazine rings is 1. The minimum atomic E-state index is -1.19. The van der Waals surface area contributed by atoms with E-state index in [9.17, 15) is 19.8 Å². The maximum Gasteiger partial charge on any atom is 0.319 e. The van der Waals surface area contributed by atoms with E-state index in [2.05, 4.69) is 27.7 Å². The molecular weight excluding hydrogens is 424 g/mol. The van der Waals surface area contributed by atoms with Gasteiger partial charge in [0.1, 0.15) is 18.3 Å². The Kier molecular flexibility index (Phi) is 7.43. The predicted octanol–water partition coefficient (Wildman–Crippen LogP) is 1.04. The first-order chi connectivity index (χ1) is 16.0. The van der Waals surface area contributed by atoms with Crippen LogP contribution in [-0.4, -0.2) is 84.2 Å². The van der Waals surface area contributed by atoms with Gasteiger partial charge in [-0.2, -0.15) is 0 Å². The van der Waals surface area contributed by atoms with Crippen molar-refractivity contribution in [3.63, 3.8) is 0 Å². The molecule has 2 fully saturated rings. The maximum absolute atomic E-state index is 12.8. The third-order valence-electron chi connectivity index (χ3n) is 6.09. The zero-order valence-corrected chi connectivity index (χ0v) is 18.3. The molecule has 3 amide bonds. The number of nitrogens with zero attached hydrogens (tertiary/aromatic N) is 2. The van der Waals surface area contributed by atoms with E-state index < -0.39 is 30.4 Å². The average Bonchev–Trinajstić information content (AvgIpc) is 3.12. The Hall–Kier alpha value is -3.14. The number of hydrogen-bond donors (Lipinski definition) is 4. The van der Waals surface area contributed by atoms with E-state index in [-0.39, 0.29) is 18.9 Å². The molecule has 4 atom stereocenters. The van der Waals surface area contributed by atoms with E-state index in [1.165, 1.54) is 0 Å². The van der Waals surface area contributed by atoms with Crippen molar-refractivity contribution in [2.45, 2.75) is 30.8 Å². The summed E-state index contributed by atoms with van der Waals surface area (Å²) in [6.45, 7) is 2.65. The number of anilines is 2. The molecule has 2 aliphatic heterocycles. The Bertz CT molecular complexity index is 921. The van der Waals surface area contributed by atoms with E-state index in [0.717, 1.165) is 18.8 Å². The Morgan fingerprint density at radius 1 is 0.879 bits per heavy atom. The van der Waals surface area contributed by atoms with Gasteiger partial charge in [-0.15, -0.1) is 0 Å². The Labute approximate surface area is 193 Å². The lowest BCUT2D eigenvalue weighted by atomic mass is 10.0. The second kappa shape index (κ2) is 10.7. The summed E-state index contributed by atoms with van der Waals surface area (Å²) in [5, 5.41) is 26.0. The summed E-state index contributed by atoms with van der Waals surface area (Å²) >= 11 is 0. The van der Waals surface area contributed by atoms with Gasteiger partial charge in [-0.05, 0) is 24.3 Å². The van der Waals surface area contributed by atoms with E-state index in [4.69, 9.17) is 4.74 Å². The fourth-order valence-corrected chi connectivity index (χ4v) is 4.21. The van der Waals surface area contributed by atoms with Crippen LogP contribution in [0.5, 0.6) is 0 Å². The van der Waals surface area contributed by atoms with Crippen molar-refractivity contribution in [1.29, 1.82) is 0 Å². The number of aliphatic hydroxyl groups excluding tert-OH is 2. The fourth-order valence-electron chi connectivity index (χ4n) is 4.21. The number of carbonyl (C=O) groups is 2. The van der Waals surface area contributed by atoms with Gasteiger partial charge >= 0.3 is 6.03 Å². The smallest absolute Gasteiger partial charge is 0.319 e. The highest BCUT2D eigenvalue weighted by Gasteiger charge is 2.44. The molecule has 2 saturated heterocycles. The van der Waals surface area contributed by atoms with Crippen LogP contribution in [-0.2, 0) is 9.53 Å². The monoisotopic (exact) mass is 454 g/mol. The molecule has 2 aliphatic rings. The highest BCUT2D eigenvalue weighted by molar-refractivity contribution is 5.89. The molecule has 9 nitrogen and oxygen atoms in total. The van der Waals surface area contributed by atoms with Crippen molar-refractivity contribution in [2.24, 2.45) is 0 Å². The van der Waals surface area contributed by atoms with Crippen LogP contribution >= 0.6 is 0 Å². The maximum atomic E-state index is 12.8. The number of carbonyl (C=O) groups excluding carboxylic acids is 2. The van der Waals surface area contributed by atoms with Crippen molar-refractivity contribution < 1.29 is 24.5 Å². The summed E-state index contributed by atoms with van der Waals surface area (Å²) in [6.07, 6.45) is -4.01. The zero-order chi connectivity index (χ0) is 23.2. The van der Waals surface area contributed by atoms with Crippen LogP contribution in [0, 0.1) is 0 Å². The lowest BCUT2D eigenvalue weighted by Gasteiger charge is -2.36. The summed E-state index contributed by atoms with van der Waals surface area (Å²) in [5.41, 5.74) is 1.77. The normalized spacial score (nSPS) is 25.0. The molecule has 2 aromatic carbocycles. The number of rotatable bonds is 6. The van der Waals surface area contributed by atoms with Crippen LogP contribution in [0.3, 0.4) is 0 Å². The van der Waals surface area contributed by atoms with Gasteiger partial charge in [0, 0.05) is 44.1 Å². The Balaban J connectivity index is 1.22. The molecule has 0 bridgehead atoms. The standard InChI is InChI=1S/C24H30N4O5/c29-21(28-13-11-27(12-14-28)18-9-5-2-6-10-18)15-19-22(30)23(31)20(33-19)16-25-24(32)26-17-7-3-1-4-8-17/h1-10,19-20,22-23,30-31H,11-16H2,(H2,25,26,32)/t19-,20-,22-,23+/m0/s1. The van der Waals surface area contributed by atoms with Crippen molar-refractivity contribution in [3.8, 4) is 0 Å². The van der Waals surface area contributed by atoms with Crippen LogP contribution in [0.1, 0.15) is 6.42 Å². The highest BCUT2D eigenvalue weighted by atomic mass is 16.5. The summed E-state index contributed by atoms with van der Waals surface area (Å²) < 4.78 is 5.74. The fraction of sp³-hybridized carbons (Fsp3) is 0.417. The number of benzene rings is 2. The van der Waals surface area contributed by atoms with Crippen molar-refractivity contribution in [2.75, 3.05) is 42.9 Å². The number of aliphatic hydroxyl groups is 2. The predicted molar refractivity (Wildman–Crippen MR) is 124 cm³/mol. The average molecular weight is 455 g/mol. The summed E-state index contributed by atoms with van der Waals surface area (Å²) in [4.78, 5) is 28.8. The van der Waals surface area contributed by atoms with Gasteiger partial charge in [0.05, 0.1) is 12.5 Å². The first kappa shape index (κ1) is 23.0. The molecule has 0 spiro atoms. The number of amides is 3. The molecule has 4 N–H and O–H groups in total. The molecule has 0 unspecified atom stereocenters. The lowest BCUT2D eigenvalue weighted by Crippen LogP contribution is -2.49. The van der Waals surface area contributed by atoms with E-state index in [1.807, 2.05) is 24.3 Å². The van der Waals surface area contributed by atoms with Gasteiger partial charge in [0.15, 0.2) is 0 Å². The Morgan fingerprint density at radius 3 is 2.15 bits per heavy atom. The molecule has 0 radical (unpaired) electrons. The molecule has 4 rings (SSSR count). The van der Waals surface area contributed by atoms with Crippen molar-refractivity contribution >= 4 is 23.3 Å². The molecule has 9 heteroatoms. The molecule has 33 heavy (non-hydrogen) atoms. The second-order valence-corrected chi connectivity index (χ2v) is 8.30. The van der Waals surface area contributed by atoms with Crippen LogP contribution in [0.4, 0.5) is 16.2 Å². The largest absolute Gasteiger partial charge is 0.388 e. The summed E-state index contributed by atoms with van der Waals surface area (Å²) in [6, 6.07) is 18.6. The summed E-state index contributed by atoms with van der Waals surface area (Å²) in [5.74, 6) is -0.116. The molecule has 2 aromatic rings. The topological polar surface area (TPSA) is 114 Å². The van der Waals surface area contributed by atoms with Gasteiger partial charge in [0.2, 0.25) is 5.91 Å². The van der Waals surface area contributed by atoms with Gasteiger partial charge in [-0.25, -0.2) is 4.79 Å². The third kappa shape index (κ3) is 5.81. The van der Waals surface area contributed by atoms with Crippen molar-refractivity contribution in [3.05, 3.63) is 60.7 Å². The van der Waals surface area contributed by atoms with Gasteiger partial charge < -0.3 is 35.4 Å². The van der Waals surface area contributed by atoms with Gasteiger partial charge in [0.25, 0.3) is 0 Å². The summed E-state index contributed by atoms with van der Waals surface area (Å²) in [7, 11) is 0. The number of hydrogen-bond acceptors (Lipinski definition) is 6. The lowest BCUT2D eigenvalue weighted by molar-refractivity contribution is -0.135. The number of para-hydroxylation sites is 2. The van der Waals surface area contributed by atoms with Crippen molar-refractivity contribution in [1.82, 2.24) is 10.2 Å². The highest BCUT2D eigenvalue weighted by Crippen LogP contribution is 2.25. The van der Waals surface area contributed by atoms with Gasteiger partial charge in [-0.3, -0.25) is 4.79 Å². The first-order valence-electron chi connectivity index (χ1n) is 11.2. The van der Waals surface area contributed by atoms with E-state index in [1.54, 1.807) is 29.2 Å². The molecule has 0 aliphatic carbocycles. The quantitative estimate of drug-likeness (QED) is 0.519. The number of nitrogens with one attached hydrogen (secondary N) is 2. The van der Waals surface area contributed by atoms with E-state index >= 15 is 0 Å². The first-order valence-corrected chi connectivity index (χ1v) is 11.2. The second-order valence-electron chi connectivity index (χ2n) is 8.30. The molecular formula is C24H30N4O5. The van der Waals surface area contributed by atoms with Gasteiger partial charge in [-0.1, -0.05) is 36.4 Å². The van der Waals surface area contributed by atoms with Crippen LogP contribution in [0.25, 0.3) is 0 Å².